The minimum Gasteiger partial charge on any atom is -0.339 e. The van der Waals surface area contributed by atoms with E-state index in [0.29, 0.717) is 30.6 Å². The zero-order valence-corrected chi connectivity index (χ0v) is 15.9. The number of nitrogens with zero attached hydrogens (tertiary/aromatic N) is 4. The number of pyridine rings is 1. The maximum Gasteiger partial charge on any atom is 0.232 e. The van der Waals surface area contributed by atoms with Crippen LogP contribution in [0.15, 0.2) is 51.4 Å². The van der Waals surface area contributed by atoms with Gasteiger partial charge in [0.1, 0.15) is 5.49 Å². The normalized spacial score (nSPS) is 15.9. The van der Waals surface area contributed by atoms with E-state index in [2.05, 4.69) is 10.1 Å². The fourth-order valence-electron chi connectivity index (χ4n) is 3.34. The molecule has 3 aromatic rings. The summed E-state index contributed by atoms with van der Waals surface area (Å²) in [5, 5.41) is 5.96. The first-order chi connectivity index (χ1) is 13.3. The lowest BCUT2D eigenvalue weighted by molar-refractivity contribution is 0.0893. The highest BCUT2D eigenvalue weighted by molar-refractivity contribution is 7.13. The molecule has 0 N–H and O–H groups in total. The van der Waals surface area contributed by atoms with Gasteiger partial charge in [0.25, 0.3) is 0 Å². The summed E-state index contributed by atoms with van der Waals surface area (Å²) in [5.74, 6) is 1.04. The van der Waals surface area contributed by atoms with Crippen LogP contribution in [0.2, 0.25) is 0 Å². The van der Waals surface area contributed by atoms with E-state index in [1.54, 1.807) is 22.1 Å². The van der Waals surface area contributed by atoms with Crippen molar-refractivity contribution in [3.8, 4) is 10.7 Å². The Morgan fingerprint density at radius 3 is 2.93 bits per heavy atom. The fraction of sp³-hybridized carbons (Fsp3) is 0.400. The summed E-state index contributed by atoms with van der Waals surface area (Å²) in [5.41, 5.74) is 0.735. The average Bonchev–Trinajstić information content (AvgIpc) is 3.39. The standard InChI is InChI=1S/C20H22N4O2S/c25-19(12-11-18-22-20(23-26-18)16-9-6-14-27-16)24-13-5-4-10-17(24)21-15-7-2-1-3-8-15/h4-6,9-10,13-15H,1-3,7-8,11-12H2. The quantitative estimate of drug-likeness (QED) is 0.666. The van der Waals surface area contributed by atoms with E-state index < -0.39 is 0 Å². The third kappa shape index (κ3) is 4.42. The van der Waals surface area contributed by atoms with Crippen molar-refractivity contribution in [1.29, 1.82) is 0 Å². The summed E-state index contributed by atoms with van der Waals surface area (Å²) in [6, 6.07) is 9.92. The molecule has 0 bridgehead atoms. The Labute approximate surface area is 161 Å². The Morgan fingerprint density at radius 2 is 2.11 bits per heavy atom. The Morgan fingerprint density at radius 1 is 1.22 bits per heavy atom. The number of carbonyl (C=O) groups is 1. The Hall–Kier alpha value is -2.54. The number of thiophene rings is 1. The van der Waals surface area contributed by atoms with Crippen molar-refractivity contribution < 1.29 is 9.32 Å². The first-order valence-electron chi connectivity index (χ1n) is 9.41. The minimum absolute atomic E-state index is 0.0129. The number of aromatic nitrogens is 3. The molecule has 4 rings (SSSR count). The van der Waals surface area contributed by atoms with E-state index in [4.69, 9.17) is 9.52 Å². The molecule has 1 aliphatic carbocycles. The molecule has 27 heavy (non-hydrogen) atoms. The van der Waals surface area contributed by atoms with Crippen LogP contribution in [-0.2, 0) is 6.42 Å². The summed E-state index contributed by atoms with van der Waals surface area (Å²) >= 11 is 1.56. The van der Waals surface area contributed by atoms with Crippen molar-refractivity contribution in [2.45, 2.75) is 51.0 Å². The van der Waals surface area contributed by atoms with Gasteiger partial charge in [0.05, 0.1) is 10.9 Å². The molecule has 0 spiro atoms. The van der Waals surface area contributed by atoms with Gasteiger partial charge in [0.15, 0.2) is 0 Å². The molecular formula is C20H22N4O2S. The molecule has 1 saturated carbocycles. The van der Waals surface area contributed by atoms with Crippen molar-refractivity contribution in [2.24, 2.45) is 4.99 Å². The lowest BCUT2D eigenvalue weighted by Crippen LogP contribution is -2.29. The lowest BCUT2D eigenvalue weighted by Gasteiger charge is -2.17. The third-order valence-electron chi connectivity index (χ3n) is 4.76. The predicted molar refractivity (Wildman–Crippen MR) is 103 cm³/mol. The van der Waals surface area contributed by atoms with Crippen LogP contribution in [-0.4, -0.2) is 26.7 Å². The maximum absolute atomic E-state index is 12.7. The van der Waals surface area contributed by atoms with Gasteiger partial charge in [-0.15, -0.1) is 11.3 Å². The molecule has 0 aromatic carbocycles. The molecule has 0 saturated heterocycles. The van der Waals surface area contributed by atoms with Crippen LogP contribution < -0.4 is 5.49 Å². The zero-order chi connectivity index (χ0) is 18.5. The molecule has 3 aromatic heterocycles. The van der Waals surface area contributed by atoms with Gasteiger partial charge in [-0.25, -0.2) is 0 Å². The van der Waals surface area contributed by atoms with E-state index in [0.717, 1.165) is 23.2 Å². The van der Waals surface area contributed by atoms with Crippen molar-refractivity contribution >= 4 is 17.2 Å². The van der Waals surface area contributed by atoms with Crippen molar-refractivity contribution in [3.05, 3.63) is 53.3 Å². The number of rotatable bonds is 5. The fourth-order valence-corrected chi connectivity index (χ4v) is 3.99. The first-order valence-corrected chi connectivity index (χ1v) is 10.3. The van der Waals surface area contributed by atoms with Crippen LogP contribution in [0.5, 0.6) is 0 Å². The second-order valence-corrected chi connectivity index (χ2v) is 7.68. The Balaban J connectivity index is 1.45. The summed E-state index contributed by atoms with van der Waals surface area (Å²) in [6.45, 7) is 0. The molecule has 0 amide bonds. The maximum atomic E-state index is 12.7. The first kappa shape index (κ1) is 17.9. The Bertz CT molecular complexity index is 952. The second kappa shape index (κ2) is 8.43. The van der Waals surface area contributed by atoms with Crippen LogP contribution in [0.3, 0.4) is 0 Å². The van der Waals surface area contributed by atoms with Crippen molar-refractivity contribution in [2.75, 3.05) is 0 Å². The van der Waals surface area contributed by atoms with Crippen LogP contribution in [0.1, 0.15) is 49.2 Å². The summed E-state index contributed by atoms with van der Waals surface area (Å²) in [6.07, 6.45) is 8.45. The van der Waals surface area contributed by atoms with E-state index >= 15 is 0 Å². The summed E-state index contributed by atoms with van der Waals surface area (Å²) in [4.78, 5) is 22.9. The molecular weight excluding hydrogens is 360 g/mol. The van der Waals surface area contributed by atoms with Crippen LogP contribution in [0.4, 0.5) is 0 Å². The molecule has 0 aliphatic heterocycles. The van der Waals surface area contributed by atoms with E-state index in [-0.39, 0.29) is 5.91 Å². The van der Waals surface area contributed by atoms with Gasteiger partial charge in [-0.1, -0.05) is 36.6 Å². The number of hydrogen-bond donors (Lipinski definition) is 0. The number of hydrogen-bond acceptors (Lipinski definition) is 6. The van der Waals surface area contributed by atoms with Crippen LogP contribution >= 0.6 is 11.3 Å². The Kier molecular flexibility index (Phi) is 5.58. The number of aryl methyl sites for hydroxylation is 1. The van der Waals surface area contributed by atoms with E-state index in [1.807, 2.05) is 35.7 Å². The molecule has 140 valence electrons. The van der Waals surface area contributed by atoms with Crippen molar-refractivity contribution in [1.82, 2.24) is 14.7 Å². The van der Waals surface area contributed by atoms with Gasteiger partial charge < -0.3 is 4.52 Å². The van der Waals surface area contributed by atoms with Gasteiger partial charge >= 0.3 is 0 Å². The van der Waals surface area contributed by atoms with Gasteiger partial charge in [0.2, 0.25) is 17.6 Å². The highest BCUT2D eigenvalue weighted by Gasteiger charge is 2.14. The van der Waals surface area contributed by atoms with E-state index in [1.165, 1.54) is 19.3 Å². The highest BCUT2D eigenvalue weighted by Crippen LogP contribution is 2.21. The SMILES string of the molecule is O=C(CCc1nc(-c2cccs2)no1)n1ccccc1=NC1CCCCC1. The van der Waals surface area contributed by atoms with Crippen molar-refractivity contribution in [3.63, 3.8) is 0 Å². The molecule has 0 unspecified atom stereocenters. The topological polar surface area (TPSA) is 73.3 Å². The molecule has 7 heteroatoms. The van der Waals surface area contributed by atoms with Gasteiger partial charge in [-0.2, -0.15) is 4.98 Å². The van der Waals surface area contributed by atoms with Crippen LogP contribution in [0, 0.1) is 0 Å². The van der Waals surface area contributed by atoms with Gasteiger partial charge in [-0.3, -0.25) is 14.4 Å². The third-order valence-corrected chi connectivity index (χ3v) is 5.62. The van der Waals surface area contributed by atoms with Gasteiger partial charge in [-0.05, 0) is 36.4 Å². The highest BCUT2D eigenvalue weighted by atomic mass is 32.1. The largest absolute Gasteiger partial charge is 0.339 e. The van der Waals surface area contributed by atoms with E-state index in [9.17, 15) is 4.79 Å². The van der Waals surface area contributed by atoms with Gasteiger partial charge in [0, 0.05) is 19.0 Å². The monoisotopic (exact) mass is 382 g/mol. The smallest absolute Gasteiger partial charge is 0.232 e. The summed E-state index contributed by atoms with van der Waals surface area (Å²) < 4.78 is 6.93. The molecule has 1 aliphatic rings. The molecule has 0 atom stereocenters. The average molecular weight is 382 g/mol. The summed E-state index contributed by atoms with van der Waals surface area (Å²) in [7, 11) is 0. The second-order valence-electron chi connectivity index (χ2n) is 6.73. The lowest BCUT2D eigenvalue weighted by atomic mass is 9.96. The minimum atomic E-state index is -0.0129. The number of carbonyl (C=O) groups excluding carboxylic acids is 1. The molecule has 1 fully saturated rings. The van der Waals surface area contributed by atoms with Crippen LogP contribution in [0.25, 0.3) is 10.7 Å². The molecule has 3 heterocycles. The molecule has 6 nitrogen and oxygen atoms in total. The predicted octanol–water partition coefficient (Wildman–Crippen LogP) is 4.11. The molecule has 0 radical (unpaired) electrons. The zero-order valence-electron chi connectivity index (χ0n) is 15.1.